The molecule has 0 bridgehead atoms. The Balaban J connectivity index is 1.53. The predicted octanol–water partition coefficient (Wildman–Crippen LogP) is -0.236. The van der Waals surface area contributed by atoms with Crippen molar-refractivity contribution in [3.63, 3.8) is 0 Å². The van der Waals surface area contributed by atoms with Crippen LogP contribution < -0.4 is 20.9 Å². The molecule has 3 amide bonds. The molecular weight excluding hydrogens is 611 g/mol. The fraction of sp³-hybridized carbons (Fsp3) is 0.652. The maximum absolute atomic E-state index is 14.0. The van der Waals surface area contributed by atoms with E-state index in [0.717, 1.165) is 4.90 Å². The molecule has 2 aliphatic rings. The van der Waals surface area contributed by atoms with Gasteiger partial charge in [0.1, 0.15) is 29.9 Å². The highest BCUT2D eigenvalue weighted by molar-refractivity contribution is 8.56. The lowest BCUT2D eigenvalue weighted by atomic mass is 9.96. The van der Waals surface area contributed by atoms with E-state index in [4.69, 9.17) is 24.5 Å². The van der Waals surface area contributed by atoms with Gasteiger partial charge in [-0.25, -0.2) is 14.9 Å². The first-order valence-electron chi connectivity index (χ1n) is 13.1. The number of methoxy groups -OCH3 is 1. The Bertz CT molecular complexity index is 1440. The molecule has 0 saturated carbocycles. The van der Waals surface area contributed by atoms with Gasteiger partial charge in [-0.05, 0) is 27.7 Å². The van der Waals surface area contributed by atoms with Crippen molar-refractivity contribution in [1.82, 2.24) is 34.8 Å². The highest BCUT2D eigenvalue weighted by Crippen LogP contribution is 2.57. The van der Waals surface area contributed by atoms with Gasteiger partial charge in [0.25, 0.3) is 5.91 Å². The van der Waals surface area contributed by atoms with Crippen molar-refractivity contribution in [2.24, 2.45) is 0 Å². The SMILES string of the molecule is COc1nc(N)nc2c1ncn2[C@@H]1O[C@H](CO[P@@](=O)(N[C@@H](C)C(=O)OC(C)C)SC[C@H]2NC(=O)N(C)C2=O)[C@@H](O)[C@@]1(C)O. The Labute approximate surface area is 250 Å². The van der Waals surface area contributed by atoms with Crippen LogP contribution in [0, 0.1) is 0 Å². The maximum atomic E-state index is 14.0. The second kappa shape index (κ2) is 12.5. The Hall–Kier alpha value is -3.06. The van der Waals surface area contributed by atoms with Gasteiger partial charge in [-0.3, -0.25) is 23.6 Å². The normalized spacial score (nSPS) is 27.9. The molecule has 18 nitrogen and oxygen atoms in total. The number of rotatable bonds is 12. The number of carbonyl (C=O) groups is 3. The minimum absolute atomic E-state index is 0.0941. The zero-order chi connectivity index (χ0) is 31.9. The number of anilines is 1. The minimum atomic E-state index is -4.05. The summed E-state index contributed by atoms with van der Waals surface area (Å²) in [7, 11) is 2.68. The number of carbonyl (C=O) groups excluding carboxylic acids is 3. The lowest BCUT2D eigenvalue weighted by Crippen LogP contribution is -2.44. The van der Waals surface area contributed by atoms with Crippen molar-refractivity contribution in [1.29, 1.82) is 0 Å². The molecule has 0 unspecified atom stereocenters. The number of ether oxygens (including phenoxy) is 3. The largest absolute Gasteiger partial charge is 0.479 e. The summed E-state index contributed by atoms with van der Waals surface area (Å²) in [4.78, 5) is 49.9. The first-order chi connectivity index (χ1) is 20.1. The predicted molar refractivity (Wildman–Crippen MR) is 152 cm³/mol. The van der Waals surface area contributed by atoms with Crippen LogP contribution in [0.25, 0.3) is 11.2 Å². The van der Waals surface area contributed by atoms with Crippen molar-refractivity contribution in [2.45, 2.75) is 69.9 Å². The van der Waals surface area contributed by atoms with E-state index in [9.17, 15) is 29.2 Å². The molecule has 0 aromatic carbocycles. The zero-order valence-corrected chi connectivity index (χ0v) is 26.0. The highest BCUT2D eigenvalue weighted by Gasteiger charge is 2.54. The summed E-state index contributed by atoms with van der Waals surface area (Å²) in [5, 5.41) is 27.4. The van der Waals surface area contributed by atoms with Gasteiger partial charge in [0, 0.05) is 12.8 Å². The number of imide groups is 1. The van der Waals surface area contributed by atoms with E-state index in [0.29, 0.717) is 11.4 Å². The molecule has 7 atom stereocenters. The third-order valence-corrected chi connectivity index (χ3v) is 10.8. The van der Waals surface area contributed by atoms with Gasteiger partial charge in [-0.1, -0.05) is 11.4 Å². The molecule has 2 saturated heterocycles. The number of fused-ring (bicyclic) bond motifs is 1. The molecule has 2 fully saturated rings. The molecule has 238 valence electrons. The van der Waals surface area contributed by atoms with E-state index in [1.165, 1.54) is 38.9 Å². The standard InChI is InChI=1S/C23H35N8O10PS/c1-10(2)40-19(34)11(3)29-42(37,43-8-12-18(33)30(5)22(35)26-12)39-7-13-15(32)23(4,36)20(41-13)31-9-25-14-16(31)27-21(24)28-17(14)38-6/h9-13,15,20,32,36H,7-8H2,1-6H3,(H,26,35)(H,29,37)(H2,24,27,28)/t11-,12+,13+,15+,20+,23+,42-/m0/s1. The number of nitrogen functional groups attached to an aromatic ring is 1. The van der Waals surface area contributed by atoms with Crippen LogP contribution in [0.15, 0.2) is 6.33 Å². The average molecular weight is 647 g/mol. The third-order valence-electron chi connectivity index (χ3n) is 6.72. The fourth-order valence-electron chi connectivity index (χ4n) is 4.43. The number of aliphatic hydroxyl groups is 2. The third kappa shape index (κ3) is 6.72. The number of esters is 1. The van der Waals surface area contributed by atoms with Crippen LogP contribution in [0.2, 0.25) is 0 Å². The molecule has 0 aliphatic carbocycles. The van der Waals surface area contributed by atoms with Crippen molar-refractivity contribution < 1.29 is 47.9 Å². The van der Waals surface area contributed by atoms with Crippen molar-refractivity contribution >= 4 is 53.1 Å². The van der Waals surface area contributed by atoms with E-state index >= 15 is 0 Å². The molecule has 20 heteroatoms. The second-order valence-corrected chi connectivity index (χ2v) is 14.8. The van der Waals surface area contributed by atoms with Crippen molar-refractivity contribution in [3.8, 4) is 5.88 Å². The number of hydrogen-bond acceptors (Lipinski definition) is 15. The van der Waals surface area contributed by atoms with Gasteiger partial charge in [-0.15, -0.1) is 0 Å². The summed E-state index contributed by atoms with van der Waals surface area (Å²) in [6.07, 6.45) is -3.16. The summed E-state index contributed by atoms with van der Waals surface area (Å²) in [5.41, 5.74) is 4.27. The summed E-state index contributed by atoms with van der Waals surface area (Å²) < 4.78 is 37.4. The molecule has 4 rings (SSSR count). The minimum Gasteiger partial charge on any atom is -0.479 e. The van der Waals surface area contributed by atoms with Gasteiger partial charge in [0.05, 0.1) is 26.1 Å². The van der Waals surface area contributed by atoms with E-state index in [-0.39, 0.29) is 28.7 Å². The monoisotopic (exact) mass is 646 g/mol. The summed E-state index contributed by atoms with van der Waals surface area (Å²) >= 11 is 0.677. The molecule has 2 aliphatic heterocycles. The number of nitrogens with zero attached hydrogens (tertiary/aromatic N) is 5. The molecule has 2 aromatic heterocycles. The quantitative estimate of drug-likeness (QED) is 0.114. The van der Waals surface area contributed by atoms with E-state index in [1.807, 2.05) is 0 Å². The van der Waals surface area contributed by atoms with Crippen molar-refractivity contribution in [2.75, 3.05) is 32.3 Å². The van der Waals surface area contributed by atoms with Gasteiger partial charge in [-0.2, -0.15) is 9.97 Å². The number of hydrogen-bond donors (Lipinski definition) is 5. The van der Waals surface area contributed by atoms with Gasteiger partial charge >= 0.3 is 18.7 Å². The Kier molecular flexibility index (Phi) is 9.55. The number of likely N-dealkylation sites (N-methyl/N-ethyl adjacent to an activating group) is 1. The smallest absolute Gasteiger partial charge is 0.327 e. The number of amides is 3. The van der Waals surface area contributed by atoms with Gasteiger partial charge in [0.15, 0.2) is 17.4 Å². The maximum Gasteiger partial charge on any atom is 0.327 e. The molecule has 2 aromatic rings. The summed E-state index contributed by atoms with van der Waals surface area (Å²) in [6.45, 7) is 1.49. The lowest BCUT2D eigenvalue weighted by molar-refractivity contribution is -0.149. The summed E-state index contributed by atoms with van der Waals surface area (Å²) in [6, 6.07) is -2.70. The van der Waals surface area contributed by atoms with Crippen LogP contribution in [-0.2, 0) is 28.2 Å². The van der Waals surface area contributed by atoms with Crippen LogP contribution in [0.3, 0.4) is 0 Å². The molecule has 4 heterocycles. The molecule has 43 heavy (non-hydrogen) atoms. The highest BCUT2D eigenvalue weighted by atomic mass is 32.7. The number of nitrogens with one attached hydrogen (secondary N) is 2. The van der Waals surface area contributed by atoms with Gasteiger partial charge < -0.3 is 40.0 Å². The number of urea groups is 1. The van der Waals surface area contributed by atoms with Crippen LogP contribution in [0.1, 0.15) is 33.9 Å². The first-order valence-corrected chi connectivity index (χ1v) is 16.3. The Morgan fingerprint density at radius 3 is 2.65 bits per heavy atom. The van der Waals surface area contributed by atoms with Gasteiger partial charge in [0.2, 0.25) is 11.8 Å². The number of imidazole rings is 1. The average Bonchev–Trinajstić information content (AvgIpc) is 3.53. The first kappa shape index (κ1) is 32.8. The van der Waals surface area contributed by atoms with Crippen LogP contribution in [-0.4, -0.2) is 115 Å². The molecule has 0 radical (unpaired) electrons. The Morgan fingerprint density at radius 1 is 1.35 bits per heavy atom. The van der Waals surface area contributed by atoms with Crippen LogP contribution >= 0.6 is 18.1 Å². The molecular formula is C23H35N8O10PS. The zero-order valence-electron chi connectivity index (χ0n) is 24.3. The molecule has 0 spiro atoms. The van der Waals surface area contributed by atoms with Crippen molar-refractivity contribution in [3.05, 3.63) is 6.33 Å². The van der Waals surface area contributed by atoms with E-state index < -0.39 is 73.5 Å². The number of aromatic nitrogens is 4. The number of aliphatic hydroxyl groups excluding tert-OH is 1. The van der Waals surface area contributed by atoms with Crippen LogP contribution in [0.5, 0.6) is 5.88 Å². The van der Waals surface area contributed by atoms with E-state index in [1.54, 1.807) is 13.8 Å². The van der Waals surface area contributed by atoms with E-state index in [2.05, 4.69) is 25.4 Å². The summed E-state index contributed by atoms with van der Waals surface area (Å²) in [5.74, 6) is -1.42. The van der Waals surface area contributed by atoms with Crippen LogP contribution in [0.4, 0.5) is 10.7 Å². The molecule has 6 N–H and O–H groups in total. The topological polar surface area (TPSA) is 243 Å². The number of nitrogens with two attached hydrogens (primary N) is 1. The second-order valence-electron chi connectivity index (χ2n) is 10.4. The lowest BCUT2D eigenvalue weighted by Gasteiger charge is -2.27. The Morgan fingerprint density at radius 2 is 2.05 bits per heavy atom. The fourth-order valence-corrected chi connectivity index (χ4v) is 8.29.